The van der Waals surface area contributed by atoms with Crippen molar-refractivity contribution in [2.75, 3.05) is 7.05 Å². The summed E-state index contributed by atoms with van der Waals surface area (Å²) in [5.41, 5.74) is 6.71. The number of amides is 1. The lowest BCUT2D eigenvalue weighted by atomic mass is 10.1. The van der Waals surface area contributed by atoms with Crippen LogP contribution in [0.3, 0.4) is 0 Å². The molecule has 0 radical (unpaired) electrons. The average Bonchev–Trinajstić information content (AvgIpc) is 4.08. The summed E-state index contributed by atoms with van der Waals surface area (Å²) in [7, 11) is 5.03. The first-order valence-electron chi connectivity index (χ1n) is 21.6. The van der Waals surface area contributed by atoms with E-state index >= 15 is 0 Å². The quantitative estimate of drug-likeness (QED) is 0.0801. The normalized spacial score (nSPS) is 13.7. The van der Waals surface area contributed by atoms with Crippen molar-refractivity contribution in [3.05, 3.63) is 183 Å². The van der Waals surface area contributed by atoms with Crippen molar-refractivity contribution < 1.29 is 47.5 Å². The van der Waals surface area contributed by atoms with Crippen LogP contribution in [-0.4, -0.2) is 101 Å². The van der Waals surface area contributed by atoms with E-state index < -0.39 is 12.1 Å². The molecule has 1 aliphatic rings. The third kappa shape index (κ3) is 11.5. The van der Waals surface area contributed by atoms with Gasteiger partial charge in [-0.15, -0.1) is 20.4 Å². The lowest BCUT2D eigenvalue weighted by Gasteiger charge is -2.27. The first-order chi connectivity index (χ1) is 35.3. The third-order valence-electron chi connectivity index (χ3n) is 10.7. The average molecular weight is 999 g/mol. The number of halogens is 3. The van der Waals surface area contributed by atoms with E-state index in [9.17, 15) is 33.5 Å². The fourth-order valence-electron chi connectivity index (χ4n) is 7.08. The van der Waals surface area contributed by atoms with Gasteiger partial charge in [0.2, 0.25) is 11.8 Å². The first-order valence-corrected chi connectivity index (χ1v) is 21.6. The summed E-state index contributed by atoms with van der Waals surface area (Å²) < 4.78 is 53.0. The summed E-state index contributed by atoms with van der Waals surface area (Å²) in [5, 5.41) is 71.4. The van der Waals surface area contributed by atoms with Crippen molar-refractivity contribution in [3.63, 3.8) is 0 Å². The number of aliphatic imine (C=N–C) groups is 1. The number of nitrogens with one attached hydrogen (secondary N) is 2. The van der Waals surface area contributed by atoms with Crippen molar-refractivity contribution in [2.45, 2.75) is 25.6 Å². The summed E-state index contributed by atoms with van der Waals surface area (Å²) in [5.74, 6) is -0.962. The Kier molecular flexibility index (Phi) is 15.2. The molecule has 0 spiro atoms. The van der Waals surface area contributed by atoms with E-state index in [0.29, 0.717) is 46.7 Å². The minimum atomic E-state index is -0.852. The van der Waals surface area contributed by atoms with E-state index in [1.54, 1.807) is 86.6 Å². The molecule has 0 bridgehead atoms. The maximum atomic E-state index is 13.0. The molecule has 9 aromatic rings. The molecule has 0 saturated heterocycles. The number of pyridine rings is 2. The molecule has 6 aromatic heterocycles. The van der Waals surface area contributed by atoms with Gasteiger partial charge in [-0.1, -0.05) is 46.7 Å². The van der Waals surface area contributed by atoms with Gasteiger partial charge in [0.05, 0.1) is 30.2 Å². The molecular formula is C47H41F3N16O7. The molecule has 1 amide bonds. The zero-order valence-electron chi connectivity index (χ0n) is 38.6. The number of aliphatic hydroxyl groups is 1. The Morgan fingerprint density at radius 1 is 0.671 bits per heavy atom. The number of fused-ring (bicyclic) bond motifs is 2. The number of likely N-dealkylation sites (N-methyl/N-ethyl adjacent to an activating group) is 1. The second kappa shape index (κ2) is 22.4. The highest BCUT2D eigenvalue weighted by Crippen LogP contribution is 2.24. The topological polar surface area (TPSA) is 302 Å². The molecule has 23 nitrogen and oxygen atoms in total. The number of aryl methyl sites for hydroxylation is 2. The van der Waals surface area contributed by atoms with Crippen LogP contribution in [0.5, 0.6) is 0 Å². The maximum Gasteiger partial charge on any atom is 0.274 e. The van der Waals surface area contributed by atoms with Crippen LogP contribution in [-0.2, 0) is 33.5 Å². The van der Waals surface area contributed by atoms with Crippen LogP contribution in [0.15, 0.2) is 139 Å². The second-order valence-electron chi connectivity index (χ2n) is 15.7. The summed E-state index contributed by atoms with van der Waals surface area (Å²) >= 11 is 0. The lowest BCUT2D eigenvalue weighted by molar-refractivity contribution is 0.0719. The van der Waals surface area contributed by atoms with Crippen LogP contribution >= 0.6 is 0 Å². The fraction of sp³-hybridized carbons (Fsp3) is 0.149. The first kappa shape index (κ1) is 49.7. The Balaban J connectivity index is 0.000000146. The zero-order valence-corrected chi connectivity index (χ0v) is 38.6. The van der Waals surface area contributed by atoms with Crippen LogP contribution < -0.4 is 21.5 Å². The Morgan fingerprint density at radius 3 is 1.70 bits per heavy atom. The van der Waals surface area contributed by atoms with Gasteiger partial charge in [0.25, 0.3) is 17.7 Å². The number of hydrogen-bond acceptors (Lipinski definition) is 20. The smallest absolute Gasteiger partial charge is 0.274 e. The molecule has 10 rings (SSSR count). The van der Waals surface area contributed by atoms with Gasteiger partial charge >= 0.3 is 0 Å². The monoisotopic (exact) mass is 998 g/mol. The second-order valence-corrected chi connectivity index (χ2v) is 15.7. The standard InChI is InChI=1S/C17H13FN6O2.C16H14FN5O2.C14H14FN5O3/c1-24-12-3-2-8-19-14(12)15(23-25)16(22-24)17-21-20-13(26-17)9-10-4-6-11(18)7-5-10;1-22-12-3-2-8-18-13(12)14(21-24)15(20-22)16(23)19-9-10-4-6-11(17)7-5-10;1-20-7-16-11(12(21)13(20)19-22)14-18-17-10(23-14)6-8-2-4-9(15)5-3-8/h2-8,25H,9H2,1H3;2-8,24H,9H2,1H3,(H,19,23);2-5,7,13,19,21-22H,6H2,1H3/b23-15+;21-14+;. The summed E-state index contributed by atoms with van der Waals surface area (Å²) in [6.45, 7) is 0.190. The van der Waals surface area contributed by atoms with Crippen LogP contribution in [0.1, 0.15) is 44.9 Å². The van der Waals surface area contributed by atoms with E-state index in [0.717, 1.165) is 16.7 Å². The molecule has 3 aromatic carbocycles. The maximum absolute atomic E-state index is 13.0. The Labute approximate surface area is 409 Å². The Hall–Kier alpha value is -9.69. The van der Waals surface area contributed by atoms with Crippen molar-refractivity contribution in [1.82, 2.24) is 65.6 Å². The third-order valence-corrected chi connectivity index (χ3v) is 10.7. The molecule has 1 aliphatic heterocycles. The number of carbonyl (C=O) groups excluding carboxylic acids is 1. The predicted octanol–water partition coefficient (Wildman–Crippen LogP) is 4.67. The molecule has 6 N–H and O–H groups in total. The number of nitrogens with zero attached hydrogens (tertiary/aromatic N) is 14. The lowest BCUT2D eigenvalue weighted by Crippen LogP contribution is -2.44. The SMILES string of the molecule is CN1C=NC(c2nnc(Cc3ccc(F)cc3)o2)=C(O)C1NO.Cn1nc(-c2nnc(Cc3ccc(F)cc3)o2)/c(=N/O)c2ncccc21.Cn1nc(C(=O)NCc2ccc(F)cc2)/c(=N/O)c2ncccc21. The molecule has 1 unspecified atom stereocenters. The molecule has 0 aliphatic carbocycles. The minimum absolute atomic E-state index is 0.000283. The minimum Gasteiger partial charge on any atom is -0.506 e. The number of aromatic nitrogens is 10. The van der Waals surface area contributed by atoms with Gasteiger partial charge in [0.15, 0.2) is 39.7 Å². The molecule has 1 atom stereocenters. The van der Waals surface area contributed by atoms with Crippen molar-refractivity contribution in [1.29, 1.82) is 0 Å². The number of hydroxylamine groups is 1. The van der Waals surface area contributed by atoms with Crippen molar-refractivity contribution in [3.8, 4) is 11.6 Å². The molecule has 26 heteroatoms. The molecule has 7 heterocycles. The molecular weight excluding hydrogens is 958 g/mol. The summed E-state index contributed by atoms with van der Waals surface area (Å²) in [4.78, 5) is 26.3. The predicted molar refractivity (Wildman–Crippen MR) is 250 cm³/mol. The van der Waals surface area contributed by atoms with Crippen LogP contribution in [0, 0.1) is 17.5 Å². The van der Waals surface area contributed by atoms with Crippen molar-refractivity contribution in [2.24, 2.45) is 29.4 Å². The summed E-state index contributed by atoms with van der Waals surface area (Å²) in [6.07, 6.45) is 4.36. The van der Waals surface area contributed by atoms with Crippen LogP contribution in [0.4, 0.5) is 13.2 Å². The van der Waals surface area contributed by atoms with E-state index in [1.165, 1.54) is 58.5 Å². The number of carbonyl (C=O) groups is 1. The van der Waals surface area contributed by atoms with Gasteiger partial charge in [-0.25, -0.2) is 18.2 Å². The van der Waals surface area contributed by atoms with E-state index in [1.807, 2.05) is 11.5 Å². The van der Waals surface area contributed by atoms with Crippen LogP contribution in [0.25, 0.3) is 39.3 Å². The van der Waals surface area contributed by atoms with Crippen LogP contribution in [0.2, 0.25) is 0 Å². The highest BCUT2D eigenvalue weighted by atomic mass is 19.1. The highest BCUT2D eigenvalue weighted by molar-refractivity contribution is 5.94. The fourth-order valence-corrected chi connectivity index (χ4v) is 7.08. The van der Waals surface area contributed by atoms with Gasteiger partial charge in [0.1, 0.15) is 28.5 Å². The largest absolute Gasteiger partial charge is 0.506 e. The van der Waals surface area contributed by atoms with Gasteiger partial charge in [-0.2, -0.15) is 15.7 Å². The molecule has 372 valence electrons. The molecule has 0 saturated carbocycles. The van der Waals surface area contributed by atoms with E-state index in [4.69, 9.17) is 14.0 Å². The zero-order chi connectivity index (χ0) is 51.6. The number of hydrogen-bond donors (Lipinski definition) is 6. The Bertz CT molecular complexity index is 3620. The molecule has 73 heavy (non-hydrogen) atoms. The van der Waals surface area contributed by atoms with Gasteiger partial charge in [-0.3, -0.25) is 24.1 Å². The Morgan fingerprint density at radius 2 is 1.16 bits per heavy atom. The van der Waals surface area contributed by atoms with E-state index in [-0.39, 0.29) is 69.3 Å². The number of benzene rings is 3. The van der Waals surface area contributed by atoms with E-state index in [2.05, 4.69) is 61.2 Å². The van der Waals surface area contributed by atoms with Gasteiger partial charge in [0, 0.05) is 40.1 Å². The summed E-state index contributed by atoms with van der Waals surface area (Å²) in [6, 6.07) is 24.8. The number of aliphatic hydroxyl groups excluding tert-OH is 1. The van der Waals surface area contributed by atoms with Crippen molar-refractivity contribution >= 4 is 40.0 Å². The van der Waals surface area contributed by atoms with Gasteiger partial charge < -0.3 is 39.8 Å². The molecule has 0 fully saturated rings. The van der Waals surface area contributed by atoms with Gasteiger partial charge in [-0.05, 0) is 77.4 Å². The number of rotatable bonds is 10. The highest BCUT2D eigenvalue weighted by Gasteiger charge is 2.28.